The summed E-state index contributed by atoms with van der Waals surface area (Å²) in [6.45, 7) is 2.91. The number of carbonyl (C=O) groups excluding carboxylic acids is 1. The lowest BCUT2D eigenvalue weighted by Crippen LogP contribution is -2.42. The summed E-state index contributed by atoms with van der Waals surface area (Å²) in [6, 6.07) is 16.1. The zero-order chi connectivity index (χ0) is 17.2. The fourth-order valence-corrected chi connectivity index (χ4v) is 4.89. The van der Waals surface area contributed by atoms with Crippen LogP contribution in [-0.2, 0) is 9.84 Å². The number of likely N-dealkylation sites (tertiary alicyclic amines) is 1. The summed E-state index contributed by atoms with van der Waals surface area (Å²) in [5, 5.41) is -0.415. The maximum Gasteiger partial charge on any atom is 0.253 e. The molecule has 0 bridgehead atoms. The van der Waals surface area contributed by atoms with Crippen molar-refractivity contribution in [2.45, 2.75) is 29.9 Å². The van der Waals surface area contributed by atoms with E-state index in [9.17, 15) is 13.2 Å². The van der Waals surface area contributed by atoms with Crippen LogP contribution in [0.25, 0.3) is 0 Å². The Bertz CT molecular complexity index is 823. The quantitative estimate of drug-likeness (QED) is 0.860. The van der Waals surface area contributed by atoms with Gasteiger partial charge in [0.05, 0.1) is 10.1 Å². The van der Waals surface area contributed by atoms with Crippen molar-refractivity contribution in [2.24, 2.45) is 0 Å². The molecule has 1 fully saturated rings. The second-order valence-corrected chi connectivity index (χ2v) is 8.45. The van der Waals surface area contributed by atoms with Gasteiger partial charge in [0.2, 0.25) is 0 Å². The highest BCUT2D eigenvalue weighted by Gasteiger charge is 2.32. The molecule has 1 heterocycles. The molecule has 0 N–H and O–H groups in total. The molecule has 0 radical (unpaired) electrons. The van der Waals surface area contributed by atoms with E-state index in [1.54, 1.807) is 29.2 Å². The molecule has 1 aliphatic rings. The molecule has 2 aromatic carbocycles. The van der Waals surface area contributed by atoms with E-state index in [0.717, 1.165) is 5.56 Å². The maximum absolute atomic E-state index is 12.7. The van der Waals surface area contributed by atoms with E-state index >= 15 is 0 Å². The van der Waals surface area contributed by atoms with Crippen molar-refractivity contribution in [2.75, 3.05) is 13.1 Å². The summed E-state index contributed by atoms with van der Waals surface area (Å²) in [5.74, 6) is -0.0192. The Hall–Kier alpha value is -2.14. The number of piperidine rings is 1. The second kappa shape index (κ2) is 6.77. The first-order valence-corrected chi connectivity index (χ1v) is 9.68. The molecule has 0 aliphatic carbocycles. The molecular weight excluding hydrogens is 322 g/mol. The monoisotopic (exact) mass is 343 g/mol. The maximum atomic E-state index is 12.7. The van der Waals surface area contributed by atoms with Gasteiger partial charge < -0.3 is 4.90 Å². The molecule has 0 unspecified atom stereocenters. The van der Waals surface area contributed by atoms with Crippen LogP contribution in [0.2, 0.25) is 0 Å². The molecule has 0 spiro atoms. The van der Waals surface area contributed by atoms with Crippen LogP contribution in [0.3, 0.4) is 0 Å². The van der Waals surface area contributed by atoms with Gasteiger partial charge >= 0.3 is 0 Å². The van der Waals surface area contributed by atoms with Crippen LogP contribution >= 0.6 is 0 Å². The third-order valence-electron chi connectivity index (χ3n) is 4.50. The Morgan fingerprint density at radius 2 is 1.67 bits per heavy atom. The number of aryl methyl sites for hydroxylation is 1. The summed E-state index contributed by atoms with van der Waals surface area (Å²) in [5.41, 5.74) is 1.71. The molecule has 1 amide bonds. The standard InChI is InChI=1S/C19H21NO3S/c1-15-6-5-7-16(14-15)19(21)20-12-10-18(11-13-20)24(22,23)17-8-3-2-4-9-17/h2-9,14,18H,10-13H2,1H3. The fraction of sp³-hybridized carbons (Fsp3) is 0.316. The third-order valence-corrected chi connectivity index (χ3v) is 6.78. The largest absolute Gasteiger partial charge is 0.339 e. The highest BCUT2D eigenvalue weighted by Crippen LogP contribution is 2.25. The third kappa shape index (κ3) is 3.36. The Balaban J connectivity index is 1.69. The minimum Gasteiger partial charge on any atom is -0.339 e. The van der Waals surface area contributed by atoms with Crippen LogP contribution in [0.1, 0.15) is 28.8 Å². The number of amides is 1. The SMILES string of the molecule is Cc1cccc(C(=O)N2CCC(S(=O)(=O)c3ccccc3)CC2)c1. The fourth-order valence-electron chi connectivity index (χ4n) is 3.13. The highest BCUT2D eigenvalue weighted by molar-refractivity contribution is 7.92. The zero-order valence-electron chi connectivity index (χ0n) is 13.7. The van der Waals surface area contributed by atoms with Gasteiger partial charge in [0, 0.05) is 18.7 Å². The minimum atomic E-state index is -3.32. The van der Waals surface area contributed by atoms with Crippen molar-refractivity contribution in [3.63, 3.8) is 0 Å². The number of carbonyl (C=O) groups is 1. The lowest BCUT2D eigenvalue weighted by Gasteiger charge is -2.32. The van der Waals surface area contributed by atoms with Crippen LogP contribution in [0.5, 0.6) is 0 Å². The van der Waals surface area contributed by atoms with Crippen molar-refractivity contribution >= 4 is 15.7 Å². The lowest BCUT2D eigenvalue weighted by atomic mass is 10.1. The molecule has 5 heteroatoms. The Kier molecular flexibility index (Phi) is 4.71. The van der Waals surface area contributed by atoms with E-state index < -0.39 is 15.1 Å². The van der Waals surface area contributed by atoms with E-state index in [1.165, 1.54) is 0 Å². The lowest BCUT2D eigenvalue weighted by molar-refractivity contribution is 0.0725. The molecule has 1 saturated heterocycles. The van der Waals surface area contributed by atoms with Gasteiger partial charge in [-0.2, -0.15) is 0 Å². The van der Waals surface area contributed by atoms with Gasteiger partial charge in [0.15, 0.2) is 9.84 Å². The van der Waals surface area contributed by atoms with E-state index in [2.05, 4.69) is 0 Å². The van der Waals surface area contributed by atoms with Gasteiger partial charge in [0.25, 0.3) is 5.91 Å². The summed E-state index contributed by atoms with van der Waals surface area (Å²) in [7, 11) is -3.32. The van der Waals surface area contributed by atoms with Gasteiger partial charge in [-0.15, -0.1) is 0 Å². The first-order chi connectivity index (χ1) is 11.5. The van der Waals surface area contributed by atoms with E-state index in [0.29, 0.717) is 36.4 Å². The van der Waals surface area contributed by atoms with Crippen molar-refractivity contribution in [1.82, 2.24) is 4.90 Å². The minimum absolute atomic E-state index is 0.0192. The molecule has 0 aromatic heterocycles. The van der Waals surface area contributed by atoms with Gasteiger partial charge in [0.1, 0.15) is 0 Å². The van der Waals surface area contributed by atoms with Crippen LogP contribution in [0.4, 0.5) is 0 Å². The normalized spacial score (nSPS) is 16.1. The van der Waals surface area contributed by atoms with Crippen LogP contribution in [-0.4, -0.2) is 37.6 Å². The van der Waals surface area contributed by atoms with Crippen molar-refractivity contribution in [3.05, 3.63) is 65.7 Å². The van der Waals surface area contributed by atoms with E-state index in [-0.39, 0.29) is 5.91 Å². The van der Waals surface area contributed by atoms with Gasteiger partial charge in [-0.3, -0.25) is 4.79 Å². The Labute approximate surface area is 143 Å². The molecule has 2 aromatic rings. The van der Waals surface area contributed by atoms with Crippen molar-refractivity contribution < 1.29 is 13.2 Å². The predicted octanol–water partition coefficient (Wildman–Crippen LogP) is 3.07. The van der Waals surface area contributed by atoms with Gasteiger partial charge in [-0.05, 0) is 44.0 Å². The number of nitrogens with zero attached hydrogens (tertiary/aromatic N) is 1. The summed E-state index contributed by atoms with van der Waals surface area (Å²) in [4.78, 5) is 14.7. The summed E-state index contributed by atoms with van der Waals surface area (Å²) < 4.78 is 25.3. The first-order valence-electron chi connectivity index (χ1n) is 8.13. The number of benzene rings is 2. The van der Waals surface area contributed by atoms with Crippen LogP contribution in [0.15, 0.2) is 59.5 Å². The van der Waals surface area contributed by atoms with Crippen LogP contribution in [0, 0.1) is 6.92 Å². The first kappa shape index (κ1) is 16.7. The van der Waals surface area contributed by atoms with Crippen molar-refractivity contribution in [3.8, 4) is 0 Å². The second-order valence-electron chi connectivity index (χ2n) is 6.22. The average molecular weight is 343 g/mol. The zero-order valence-corrected chi connectivity index (χ0v) is 14.5. The van der Waals surface area contributed by atoms with E-state index in [1.807, 2.05) is 37.3 Å². The van der Waals surface area contributed by atoms with E-state index in [4.69, 9.17) is 0 Å². The summed E-state index contributed by atoms with van der Waals surface area (Å²) >= 11 is 0. The molecule has 0 atom stereocenters. The summed E-state index contributed by atoms with van der Waals surface area (Å²) in [6.07, 6.45) is 0.962. The number of rotatable bonds is 3. The number of hydrogen-bond donors (Lipinski definition) is 0. The average Bonchev–Trinajstić information content (AvgIpc) is 2.62. The van der Waals surface area contributed by atoms with Gasteiger partial charge in [-0.25, -0.2) is 8.42 Å². The molecule has 3 rings (SSSR count). The molecule has 126 valence electrons. The molecule has 1 aliphatic heterocycles. The highest BCUT2D eigenvalue weighted by atomic mass is 32.2. The number of sulfone groups is 1. The van der Waals surface area contributed by atoms with Crippen molar-refractivity contribution in [1.29, 1.82) is 0 Å². The molecular formula is C19H21NO3S. The Morgan fingerprint density at radius 1 is 1.00 bits per heavy atom. The van der Waals surface area contributed by atoms with Crippen LogP contribution < -0.4 is 0 Å². The predicted molar refractivity (Wildman–Crippen MR) is 93.7 cm³/mol. The smallest absolute Gasteiger partial charge is 0.253 e. The molecule has 4 nitrogen and oxygen atoms in total. The Morgan fingerprint density at radius 3 is 2.29 bits per heavy atom. The molecule has 0 saturated carbocycles. The topological polar surface area (TPSA) is 54.5 Å². The molecule has 24 heavy (non-hydrogen) atoms. The number of hydrogen-bond acceptors (Lipinski definition) is 3. The van der Waals surface area contributed by atoms with Gasteiger partial charge in [-0.1, -0.05) is 35.9 Å².